The molecule has 1 N–H and O–H groups in total. The van der Waals surface area contributed by atoms with Crippen molar-refractivity contribution in [2.45, 2.75) is 36.7 Å². The lowest BCUT2D eigenvalue weighted by molar-refractivity contribution is -0.139. The maximum atomic E-state index is 13.4. The zero-order valence-corrected chi connectivity index (χ0v) is 22.6. The van der Waals surface area contributed by atoms with Crippen molar-refractivity contribution < 1.29 is 36.6 Å². The van der Waals surface area contributed by atoms with Crippen LogP contribution in [0, 0.1) is 6.92 Å². The highest BCUT2D eigenvalue weighted by Crippen LogP contribution is 2.28. The first-order chi connectivity index (χ1) is 18.1. The first-order valence-corrected chi connectivity index (χ1v) is 14.3. The van der Waals surface area contributed by atoms with Gasteiger partial charge in [0, 0.05) is 23.7 Å². The highest BCUT2D eigenvalue weighted by atomic mass is 32.2. The number of benzene rings is 3. The molecular formula is C27H29F2NO6S2. The summed E-state index contributed by atoms with van der Waals surface area (Å²) < 4.78 is 62.5. The first-order valence-electron chi connectivity index (χ1n) is 11.8. The van der Waals surface area contributed by atoms with Crippen LogP contribution in [0.5, 0.6) is 11.5 Å². The fourth-order valence-electron chi connectivity index (χ4n) is 3.68. The number of hydrogen-bond acceptors (Lipinski definition) is 6. The van der Waals surface area contributed by atoms with Crippen molar-refractivity contribution in [1.82, 2.24) is 4.31 Å². The van der Waals surface area contributed by atoms with E-state index in [-0.39, 0.29) is 10.6 Å². The van der Waals surface area contributed by atoms with Crippen LogP contribution in [0.2, 0.25) is 0 Å². The Morgan fingerprint density at radius 2 is 1.63 bits per heavy atom. The topological polar surface area (TPSA) is 93.1 Å². The molecule has 3 aromatic rings. The summed E-state index contributed by atoms with van der Waals surface area (Å²) in [5.41, 5.74) is 2.29. The summed E-state index contributed by atoms with van der Waals surface area (Å²) in [5, 5.41) is 8.77. The largest absolute Gasteiger partial charge is 0.482 e. The number of carbonyl (C=O) groups is 1. The van der Waals surface area contributed by atoms with Crippen LogP contribution in [-0.4, -0.2) is 55.9 Å². The summed E-state index contributed by atoms with van der Waals surface area (Å²) in [6.45, 7) is 1.11. The minimum Gasteiger partial charge on any atom is -0.482 e. The highest BCUT2D eigenvalue weighted by Gasteiger charge is 2.23. The molecule has 0 aromatic heterocycles. The third-order valence-corrected chi connectivity index (χ3v) is 8.37. The Bertz CT molecular complexity index is 1320. The van der Waals surface area contributed by atoms with Gasteiger partial charge in [-0.25, -0.2) is 13.2 Å². The fraction of sp³-hybridized carbons (Fsp3) is 0.296. The molecule has 11 heteroatoms. The van der Waals surface area contributed by atoms with E-state index in [0.29, 0.717) is 31.0 Å². The van der Waals surface area contributed by atoms with Crippen LogP contribution in [0.25, 0.3) is 11.1 Å². The molecule has 0 unspecified atom stereocenters. The number of carboxylic acid groups (broad SMARTS) is 1. The number of nitrogens with zero attached hydrogens (tertiary/aromatic N) is 1. The number of rotatable bonds is 14. The number of ether oxygens (including phenoxy) is 2. The molecule has 0 heterocycles. The Hall–Kier alpha value is -3.15. The number of thioether (sulfide) groups is 1. The molecule has 0 aliphatic rings. The van der Waals surface area contributed by atoms with E-state index in [0.717, 1.165) is 21.6 Å². The Morgan fingerprint density at radius 1 is 1.00 bits per heavy atom. The maximum absolute atomic E-state index is 13.4. The average Bonchev–Trinajstić information content (AvgIpc) is 2.88. The van der Waals surface area contributed by atoms with Crippen LogP contribution in [-0.2, 0) is 14.8 Å². The minimum atomic E-state index is -3.73. The van der Waals surface area contributed by atoms with Crippen LogP contribution in [0.1, 0.15) is 18.9 Å². The summed E-state index contributed by atoms with van der Waals surface area (Å²) in [6, 6.07) is 18.0. The van der Waals surface area contributed by atoms with Crippen LogP contribution < -0.4 is 9.47 Å². The Labute approximate surface area is 225 Å². The van der Waals surface area contributed by atoms with Gasteiger partial charge in [0.1, 0.15) is 11.5 Å². The normalized spacial score (nSPS) is 11.6. The lowest BCUT2D eigenvalue weighted by Crippen LogP contribution is -2.33. The van der Waals surface area contributed by atoms with Crippen LogP contribution in [0.3, 0.4) is 0 Å². The molecule has 0 bridgehead atoms. The molecule has 0 saturated heterocycles. The molecule has 0 atom stereocenters. The van der Waals surface area contributed by atoms with Crippen molar-refractivity contribution in [3.8, 4) is 22.6 Å². The molecule has 0 fully saturated rings. The zero-order valence-electron chi connectivity index (χ0n) is 21.0. The minimum absolute atomic E-state index is 0.0497. The van der Waals surface area contributed by atoms with Crippen molar-refractivity contribution in [2.24, 2.45) is 0 Å². The van der Waals surface area contributed by atoms with Crippen LogP contribution >= 0.6 is 11.8 Å². The van der Waals surface area contributed by atoms with Gasteiger partial charge in [-0.3, -0.25) is 0 Å². The van der Waals surface area contributed by atoms with E-state index in [4.69, 9.17) is 9.84 Å². The summed E-state index contributed by atoms with van der Waals surface area (Å²) in [4.78, 5) is 11.8. The summed E-state index contributed by atoms with van der Waals surface area (Å²) >= 11 is 1.50. The Kier molecular flexibility index (Phi) is 10.5. The van der Waals surface area contributed by atoms with Crippen molar-refractivity contribution in [3.63, 3.8) is 0 Å². The van der Waals surface area contributed by atoms with Gasteiger partial charge in [-0.2, -0.15) is 13.1 Å². The van der Waals surface area contributed by atoms with Gasteiger partial charge in [-0.1, -0.05) is 31.2 Å². The van der Waals surface area contributed by atoms with Gasteiger partial charge in [-0.15, -0.1) is 11.8 Å². The molecule has 38 heavy (non-hydrogen) atoms. The van der Waals surface area contributed by atoms with Crippen LogP contribution in [0.4, 0.5) is 8.78 Å². The predicted molar refractivity (Wildman–Crippen MR) is 143 cm³/mol. The summed E-state index contributed by atoms with van der Waals surface area (Å²) in [6.07, 6.45) is 0.656. The summed E-state index contributed by atoms with van der Waals surface area (Å²) in [7, 11) is -3.73. The van der Waals surface area contributed by atoms with E-state index in [2.05, 4.69) is 4.74 Å². The standard InChI is InChI=1S/C27H29F2NO6S2/c1-3-14-30(15-16-37-23-10-13-25(19(2)17-23)35-18-26(31)32)38(33,34)24-11-6-21(7-12-24)20-4-8-22(9-5-20)36-27(28)29/h4-13,17,27H,3,14-16,18H2,1-2H3,(H,31,32). The maximum Gasteiger partial charge on any atom is 0.387 e. The molecule has 3 rings (SSSR count). The van der Waals surface area contributed by atoms with Gasteiger partial charge in [0.05, 0.1) is 4.90 Å². The van der Waals surface area contributed by atoms with Crippen molar-refractivity contribution >= 4 is 27.8 Å². The lowest BCUT2D eigenvalue weighted by Gasteiger charge is -2.22. The van der Waals surface area contributed by atoms with Crippen LogP contribution in [0.15, 0.2) is 76.5 Å². The Balaban J connectivity index is 1.65. The second kappa shape index (κ2) is 13.6. The number of hydrogen-bond donors (Lipinski definition) is 1. The van der Waals surface area contributed by atoms with Crippen molar-refractivity contribution in [3.05, 3.63) is 72.3 Å². The smallest absolute Gasteiger partial charge is 0.387 e. The van der Waals surface area contributed by atoms with E-state index in [1.807, 2.05) is 26.0 Å². The number of alkyl halides is 2. The van der Waals surface area contributed by atoms with Gasteiger partial charge < -0.3 is 14.6 Å². The van der Waals surface area contributed by atoms with Gasteiger partial charge in [0.15, 0.2) is 6.61 Å². The van der Waals surface area contributed by atoms with E-state index < -0.39 is 29.2 Å². The first kappa shape index (κ1) is 29.4. The van der Waals surface area contributed by atoms with Gasteiger partial charge >= 0.3 is 12.6 Å². The monoisotopic (exact) mass is 565 g/mol. The van der Waals surface area contributed by atoms with E-state index in [1.54, 1.807) is 42.5 Å². The molecule has 0 radical (unpaired) electrons. The van der Waals surface area contributed by atoms with Gasteiger partial charge in [0.2, 0.25) is 10.0 Å². The fourth-order valence-corrected chi connectivity index (χ4v) is 6.30. The summed E-state index contributed by atoms with van der Waals surface area (Å²) in [5.74, 6) is 0.0200. The number of halogens is 2. The number of aliphatic carboxylic acids is 1. The molecule has 0 amide bonds. The molecular weight excluding hydrogens is 536 g/mol. The second-order valence-corrected chi connectivity index (χ2v) is 11.4. The SMILES string of the molecule is CCCN(CCSc1ccc(OCC(=O)O)c(C)c1)S(=O)(=O)c1ccc(-c2ccc(OC(F)F)cc2)cc1. The predicted octanol–water partition coefficient (Wildman–Crippen LogP) is 5.92. The molecule has 0 saturated carbocycles. The third-order valence-electron chi connectivity index (χ3n) is 5.48. The van der Waals surface area contributed by atoms with Crippen molar-refractivity contribution in [1.29, 1.82) is 0 Å². The van der Waals surface area contributed by atoms with E-state index in [1.165, 1.54) is 28.2 Å². The lowest BCUT2D eigenvalue weighted by atomic mass is 10.1. The van der Waals surface area contributed by atoms with Crippen molar-refractivity contribution in [2.75, 3.05) is 25.4 Å². The highest BCUT2D eigenvalue weighted by molar-refractivity contribution is 7.99. The van der Waals surface area contributed by atoms with Gasteiger partial charge in [0.25, 0.3) is 0 Å². The molecule has 0 aliphatic heterocycles. The molecule has 7 nitrogen and oxygen atoms in total. The number of aryl methyl sites for hydroxylation is 1. The molecule has 204 valence electrons. The third kappa shape index (κ3) is 8.17. The van der Waals surface area contributed by atoms with Gasteiger partial charge in [-0.05, 0) is 72.5 Å². The number of sulfonamides is 1. The van der Waals surface area contributed by atoms with E-state index >= 15 is 0 Å². The zero-order chi connectivity index (χ0) is 27.7. The molecule has 0 aliphatic carbocycles. The average molecular weight is 566 g/mol. The number of carboxylic acids is 1. The Morgan fingerprint density at radius 3 is 2.18 bits per heavy atom. The molecule has 0 spiro atoms. The van der Waals surface area contributed by atoms with E-state index in [9.17, 15) is 22.0 Å². The second-order valence-electron chi connectivity index (χ2n) is 8.29. The molecule has 3 aromatic carbocycles. The quantitative estimate of drug-likeness (QED) is 0.243.